The summed E-state index contributed by atoms with van der Waals surface area (Å²) in [5.74, 6) is 0.0555. The average Bonchev–Trinajstić information content (AvgIpc) is 2.47. The molecule has 1 fully saturated rings. The maximum Gasteiger partial charge on any atom is 0.231 e. The number of benzene rings is 1. The normalized spacial score (nSPS) is 17.0. The Kier molecular flexibility index (Phi) is 5.38. The minimum absolute atomic E-state index is 0.150. The van der Waals surface area contributed by atoms with Gasteiger partial charge in [0.2, 0.25) is 5.91 Å². The minimum atomic E-state index is -0.693. The lowest BCUT2D eigenvalue weighted by Crippen LogP contribution is -2.49. The minimum Gasteiger partial charge on any atom is -0.398 e. The number of rotatable bonds is 4. The van der Waals surface area contributed by atoms with Gasteiger partial charge < -0.3 is 11.1 Å². The van der Waals surface area contributed by atoms with E-state index in [1.807, 2.05) is 0 Å². The number of nitrogens with one attached hydrogen (secondary N) is 1. The van der Waals surface area contributed by atoms with Crippen LogP contribution in [0, 0.1) is 11.3 Å². The number of amides is 1. The fourth-order valence-electron chi connectivity index (χ4n) is 2.54. The van der Waals surface area contributed by atoms with Crippen LogP contribution in [0.15, 0.2) is 23.1 Å². The first kappa shape index (κ1) is 16.0. The van der Waals surface area contributed by atoms with Gasteiger partial charge in [0.1, 0.15) is 5.54 Å². The Hall–Kier alpha value is -1.38. The Morgan fingerprint density at radius 3 is 2.76 bits per heavy atom. The fourth-order valence-corrected chi connectivity index (χ4v) is 3.67. The van der Waals surface area contributed by atoms with E-state index in [2.05, 4.69) is 11.4 Å². The van der Waals surface area contributed by atoms with Gasteiger partial charge in [-0.1, -0.05) is 36.9 Å². The second-order valence-electron chi connectivity index (χ2n) is 5.25. The number of hydrogen-bond donors (Lipinski definition) is 2. The van der Waals surface area contributed by atoms with Crippen LogP contribution in [0.4, 0.5) is 5.69 Å². The highest BCUT2D eigenvalue weighted by molar-refractivity contribution is 8.00. The molecule has 0 unspecified atom stereocenters. The van der Waals surface area contributed by atoms with Crippen molar-refractivity contribution >= 4 is 35.0 Å². The van der Waals surface area contributed by atoms with Crippen LogP contribution in [0.3, 0.4) is 0 Å². The lowest BCUT2D eigenvalue weighted by atomic mass is 9.83. The highest BCUT2D eigenvalue weighted by Crippen LogP contribution is 2.33. The summed E-state index contributed by atoms with van der Waals surface area (Å²) < 4.78 is 0. The number of carbonyl (C=O) groups is 1. The second-order valence-corrected chi connectivity index (χ2v) is 6.64. The molecule has 6 heteroatoms. The predicted octanol–water partition coefficient (Wildman–Crippen LogP) is 3.36. The molecular weight excluding hydrogens is 306 g/mol. The zero-order chi connectivity index (χ0) is 15.3. The summed E-state index contributed by atoms with van der Waals surface area (Å²) in [5, 5.41) is 12.8. The Morgan fingerprint density at radius 2 is 2.14 bits per heavy atom. The van der Waals surface area contributed by atoms with Crippen molar-refractivity contribution in [3.63, 3.8) is 0 Å². The van der Waals surface area contributed by atoms with Gasteiger partial charge in [-0.3, -0.25) is 4.79 Å². The van der Waals surface area contributed by atoms with Gasteiger partial charge in [0.15, 0.2) is 0 Å². The lowest BCUT2D eigenvalue weighted by Gasteiger charge is -2.31. The number of anilines is 1. The summed E-state index contributed by atoms with van der Waals surface area (Å²) in [6.07, 6.45) is 4.56. The number of nitrogens with two attached hydrogens (primary N) is 1. The molecule has 1 aliphatic rings. The lowest BCUT2D eigenvalue weighted by molar-refractivity contribution is -0.120. The Bertz CT molecular complexity index is 544. The number of thioether (sulfide) groups is 1. The van der Waals surface area contributed by atoms with Crippen LogP contribution in [-0.4, -0.2) is 17.2 Å². The average molecular weight is 324 g/mol. The number of nitriles is 1. The molecular formula is C15H18ClN3OS. The Labute approximate surface area is 134 Å². The van der Waals surface area contributed by atoms with Crippen molar-refractivity contribution < 1.29 is 4.79 Å². The number of nitrogen functional groups attached to an aromatic ring is 1. The van der Waals surface area contributed by atoms with E-state index >= 15 is 0 Å². The third-order valence-electron chi connectivity index (χ3n) is 3.64. The standard InChI is InChI=1S/C15H18ClN3OS/c16-11-5-4-6-12(18)14(11)21-9-13(20)19-15(10-17)7-2-1-3-8-15/h4-6H,1-3,7-9,18H2,(H,19,20). The molecule has 0 atom stereocenters. The van der Waals surface area contributed by atoms with Gasteiger partial charge in [-0.15, -0.1) is 11.8 Å². The molecule has 0 radical (unpaired) electrons. The van der Waals surface area contributed by atoms with Crippen LogP contribution in [0.1, 0.15) is 32.1 Å². The number of nitrogens with zero attached hydrogens (tertiary/aromatic N) is 1. The van der Waals surface area contributed by atoms with Crippen molar-refractivity contribution in [2.75, 3.05) is 11.5 Å². The summed E-state index contributed by atoms with van der Waals surface area (Å²) in [4.78, 5) is 12.8. The summed E-state index contributed by atoms with van der Waals surface area (Å²) in [5.41, 5.74) is 5.73. The van der Waals surface area contributed by atoms with Crippen LogP contribution in [0.2, 0.25) is 5.02 Å². The SMILES string of the molecule is N#CC1(NC(=O)CSc2c(N)cccc2Cl)CCCCC1. The van der Waals surface area contributed by atoms with Crippen molar-refractivity contribution in [2.45, 2.75) is 42.5 Å². The summed E-state index contributed by atoms with van der Waals surface area (Å²) in [6, 6.07) is 7.55. The highest BCUT2D eigenvalue weighted by atomic mass is 35.5. The van der Waals surface area contributed by atoms with E-state index in [1.165, 1.54) is 11.8 Å². The van der Waals surface area contributed by atoms with Crippen LogP contribution in [0.25, 0.3) is 0 Å². The number of carbonyl (C=O) groups excluding carboxylic acids is 1. The van der Waals surface area contributed by atoms with E-state index < -0.39 is 5.54 Å². The topological polar surface area (TPSA) is 78.9 Å². The van der Waals surface area contributed by atoms with Crippen LogP contribution < -0.4 is 11.1 Å². The van der Waals surface area contributed by atoms with Crippen LogP contribution >= 0.6 is 23.4 Å². The molecule has 21 heavy (non-hydrogen) atoms. The second kappa shape index (κ2) is 7.06. The first-order valence-electron chi connectivity index (χ1n) is 6.95. The summed E-state index contributed by atoms with van der Waals surface area (Å²) in [7, 11) is 0. The monoisotopic (exact) mass is 323 g/mol. The van der Waals surface area contributed by atoms with Crippen molar-refractivity contribution in [1.29, 1.82) is 5.26 Å². The Morgan fingerprint density at radius 1 is 1.43 bits per heavy atom. The van der Waals surface area contributed by atoms with Crippen LogP contribution in [-0.2, 0) is 4.79 Å². The van der Waals surface area contributed by atoms with Gasteiger partial charge >= 0.3 is 0 Å². The molecule has 112 valence electrons. The molecule has 0 aliphatic heterocycles. The van der Waals surface area contributed by atoms with Gasteiger partial charge in [0.25, 0.3) is 0 Å². The molecule has 1 aromatic rings. The molecule has 1 aromatic carbocycles. The molecule has 1 aliphatic carbocycles. The first-order chi connectivity index (χ1) is 10.1. The molecule has 0 heterocycles. The molecule has 0 aromatic heterocycles. The predicted molar refractivity (Wildman–Crippen MR) is 86.2 cm³/mol. The highest BCUT2D eigenvalue weighted by Gasteiger charge is 2.33. The van der Waals surface area contributed by atoms with Crippen molar-refractivity contribution in [3.8, 4) is 6.07 Å². The first-order valence-corrected chi connectivity index (χ1v) is 8.32. The van der Waals surface area contributed by atoms with E-state index in [1.54, 1.807) is 18.2 Å². The summed E-state index contributed by atoms with van der Waals surface area (Å²) >= 11 is 7.38. The smallest absolute Gasteiger partial charge is 0.231 e. The van der Waals surface area contributed by atoms with E-state index in [4.69, 9.17) is 17.3 Å². The van der Waals surface area contributed by atoms with Gasteiger partial charge in [-0.2, -0.15) is 5.26 Å². The number of hydrogen-bond acceptors (Lipinski definition) is 4. The fraction of sp³-hybridized carbons (Fsp3) is 0.467. The molecule has 4 nitrogen and oxygen atoms in total. The largest absolute Gasteiger partial charge is 0.398 e. The molecule has 1 amide bonds. The maximum absolute atomic E-state index is 12.1. The van der Waals surface area contributed by atoms with Crippen LogP contribution in [0.5, 0.6) is 0 Å². The Balaban J connectivity index is 1.94. The quantitative estimate of drug-likeness (QED) is 0.658. The van der Waals surface area contributed by atoms with Gasteiger partial charge in [0.05, 0.1) is 16.8 Å². The maximum atomic E-state index is 12.1. The molecule has 3 N–H and O–H groups in total. The zero-order valence-electron chi connectivity index (χ0n) is 11.7. The van der Waals surface area contributed by atoms with E-state index in [-0.39, 0.29) is 11.7 Å². The molecule has 2 rings (SSSR count). The number of halogens is 1. The van der Waals surface area contributed by atoms with Crippen molar-refractivity contribution in [1.82, 2.24) is 5.32 Å². The molecule has 0 saturated heterocycles. The third-order valence-corrected chi connectivity index (χ3v) is 5.22. The summed E-state index contributed by atoms with van der Waals surface area (Å²) in [6.45, 7) is 0. The molecule has 0 spiro atoms. The van der Waals surface area contributed by atoms with E-state index in [0.717, 1.165) is 32.1 Å². The van der Waals surface area contributed by atoms with Crippen molar-refractivity contribution in [2.24, 2.45) is 0 Å². The van der Waals surface area contributed by atoms with E-state index in [9.17, 15) is 10.1 Å². The molecule has 0 bridgehead atoms. The zero-order valence-corrected chi connectivity index (χ0v) is 13.3. The van der Waals surface area contributed by atoms with Gasteiger partial charge in [-0.25, -0.2) is 0 Å². The van der Waals surface area contributed by atoms with Gasteiger partial charge in [-0.05, 0) is 25.0 Å². The van der Waals surface area contributed by atoms with E-state index in [0.29, 0.717) is 15.6 Å². The van der Waals surface area contributed by atoms with Crippen molar-refractivity contribution in [3.05, 3.63) is 23.2 Å². The van der Waals surface area contributed by atoms with Gasteiger partial charge in [0, 0.05) is 10.6 Å². The third kappa shape index (κ3) is 4.05. The molecule has 1 saturated carbocycles.